The molecule has 0 spiro atoms. The third-order valence-electron chi connectivity index (χ3n) is 4.18. The highest BCUT2D eigenvalue weighted by molar-refractivity contribution is 6.05. The average Bonchev–Trinajstić information content (AvgIpc) is 3.13. The molecule has 0 bridgehead atoms. The molecule has 6 nitrogen and oxygen atoms in total. The molecule has 3 aromatic heterocycles. The maximum absolute atomic E-state index is 12.8. The van der Waals surface area contributed by atoms with E-state index in [4.69, 9.17) is 0 Å². The van der Waals surface area contributed by atoms with Crippen molar-refractivity contribution in [1.29, 1.82) is 0 Å². The Morgan fingerprint density at radius 1 is 1.08 bits per heavy atom. The fourth-order valence-electron chi connectivity index (χ4n) is 2.93. The van der Waals surface area contributed by atoms with Crippen LogP contribution in [0.15, 0.2) is 67.1 Å². The molecule has 0 unspecified atom stereocenters. The molecule has 1 aromatic carbocycles. The summed E-state index contributed by atoms with van der Waals surface area (Å²) in [6, 6.07) is 15.1. The summed E-state index contributed by atoms with van der Waals surface area (Å²) in [6.07, 6.45) is 5.71. The topological polar surface area (TPSA) is 72.7 Å². The van der Waals surface area contributed by atoms with E-state index in [1.807, 2.05) is 55.5 Å². The molecule has 0 aliphatic heterocycles. The summed E-state index contributed by atoms with van der Waals surface area (Å²) in [5.74, 6) is 0.507. The minimum absolute atomic E-state index is 0.188. The van der Waals surface area contributed by atoms with Crippen molar-refractivity contribution in [3.05, 3.63) is 78.4 Å². The van der Waals surface area contributed by atoms with Crippen LogP contribution in [0.1, 0.15) is 23.0 Å². The Hall–Kier alpha value is -3.54. The Morgan fingerprint density at radius 3 is 2.77 bits per heavy atom. The molecule has 3 heterocycles. The van der Waals surface area contributed by atoms with Crippen LogP contribution in [0.3, 0.4) is 0 Å². The van der Waals surface area contributed by atoms with E-state index in [1.165, 1.54) is 0 Å². The molecule has 0 atom stereocenters. The summed E-state index contributed by atoms with van der Waals surface area (Å²) in [7, 11) is 0. The van der Waals surface area contributed by atoms with E-state index < -0.39 is 0 Å². The van der Waals surface area contributed by atoms with Gasteiger partial charge in [0.2, 0.25) is 0 Å². The average molecular weight is 343 g/mol. The van der Waals surface area contributed by atoms with Crippen molar-refractivity contribution >= 4 is 22.5 Å². The molecule has 0 fully saturated rings. The molecule has 1 N–H and O–H groups in total. The van der Waals surface area contributed by atoms with Crippen molar-refractivity contribution < 1.29 is 4.79 Å². The molecule has 128 valence electrons. The highest BCUT2D eigenvalue weighted by Crippen LogP contribution is 2.19. The van der Waals surface area contributed by atoms with Gasteiger partial charge in [-0.25, -0.2) is 9.67 Å². The minimum atomic E-state index is -0.188. The van der Waals surface area contributed by atoms with E-state index in [-0.39, 0.29) is 5.91 Å². The van der Waals surface area contributed by atoms with Gasteiger partial charge in [-0.15, -0.1) is 0 Å². The van der Waals surface area contributed by atoms with Crippen molar-refractivity contribution in [2.45, 2.75) is 13.3 Å². The summed E-state index contributed by atoms with van der Waals surface area (Å²) in [5.41, 5.74) is 2.99. The van der Waals surface area contributed by atoms with Gasteiger partial charge in [0.15, 0.2) is 5.82 Å². The number of nitrogens with zero attached hydrogens (tertiary/aromatic N) is 4. The van der Waals surface area contributed by atoms with E-state index in [0.29, 0.717) is 17.8 Å². The molecule has 6 heteroatoms. The van der Waals surface area contributed by atoms with Gasteiger partial charge in [-0.2, -0.15) is 5.10 Å². The van der Waals surface area contributed by atoms with Gasteiger partial charge in [-0.1, -0.05) is 19.1 Å². The van der Waals surface area contributed by atoms with Crippen LogP contribution in [0.5, 0.6) is 0 Å². The van der Waals surface area contributed by atoms with E-state index >= 15 is 0 Å². The van der Waals surface area contributed by atoms with Crippen molar-refractivity contribution in [2.24, 2.45) is 0 Å². The third-order valence-corrected chi connectivity index (χ3v) is 4.18. The predicted octanol–water partition coefficient (Wildman–Crippen LogP) is 3.63. The van der Waals surface area contributed by atoms with Crippen molar-refractivity contribution in [3.63, 3.8) is 0 Å². The zero-order valence-electron chi connectivity index (χ0n) is 14.3. The molecule has 1 amide bonds. The monoisotopic (exact) mass is 343 g/mol. The zero-order chi connectivity index (χ0) is 17.9. The second-order valence-electron chi connectivity index (χ2n) is 5.82. The summed E-state index contributed by atoms with van der Waals surface area (Å²) in [4.78, 5) is 21.4. The third kappa shape index (κ3) is 2.93. The van der Waals surface area contributed by atoms with Crippen LogP contribution in [0, 0.1) is 0 Å². The zero-order valence-corrected chi connectivity index (χ0v) is 14.3. The maximum Gasteiger partial charge on any atom is 0.259 e. The fraction of sp³-hybridized carbons (Fsp3) is 0.100. The standard InChI is InChI=1S/C20H17N5O/c1-2-18-16(13-23-25(18)19-7-3-4-10-22-19)20(26)24-15-8-9-17-14(12-15)6-5-11-21-17/h3-13H,2H2,1H3,(H,24,26). The van der Waals surface area contributed by atoms with Gasteiger partial charge < -0.3 is 5.32 Å². The molecule has 0 aliphatic carbocycles. The first kappa shape index (κ1) is 16.0. The van der Waals surface area contributed by atoms with E-state index in [1.54, 1.807) is 23.3 Å². The van der Waals surface area contributed by atoms with Gasteiger partial charge in [0.1, 0.15) is 0 Å². The highest BCUT2D eigenvalue weighted by atomic mass is 16.1. The Morgan fingerprint density at radius 2 is 1.96 bits per heavy atom. The van der Waals surface area contributed by atoms with Crippen molar-refractivity contribution in [3.8, 4) is 5.82 Å². The first-order valence-corrected chi connectivity index (χ1v) is 8.40. The first-order valence-electron chi connectivity index (χ1n) is 8.40. The summed E-state index contributed by atoms with van der Waals surface area (Å²) in [5, 5.41) is 8.28. The maximum atomic E-state index is 12.8. The number of aromatic nitrogens is 4. The molecule has 4 rings (SSSR count). The van der Waals surface area contributed by atoms with Crippen LogP contribution < -0.4 is 5.32 Å². The predicted molar refractivity (Wildman–Crippen MR) is 100 cm³/mol. The number of carbonyl (C=O) groups is 1. The smallest absolute Gasteiger partial charge is 0.259 e. The number of nitrogens with one attached hydrogen (secondary N) is 1. The quantitative estimate of drug-likeness (QED) is 0.614. The number of hydrogen-bond donors (Lipinski definition) is 1. The fourth-order valence-corrected chi connectivity index (χ4v) is 2.93. The van der Waals surface area contributed by atoms with Crippen LogP contribution >= 0.6 is 0 Å². The van der Waals surface area contributed by atoms with Gasteiger partial charge in [0, 0.05) is 23.5 Å². The molecule has 0 saturated carbocycles. The molecule has 0 saturated heterocycles. The number of rotatable bonds is 4. The lowest BCUT2D eigenvalue weighted by atomic mass is 10.1. The van der Waals surface area contributed by atoms with Crippen LogP contribution in [-0.4, -0.2) is 25.7 Å². The van der Waals surface area contributed by atoms with Crippen LogP contribution in [0.4, 0.5) is 5.69 Å². The van der Waals surface area contributed by atoms with E-state index in [9.17, 15) is 4.79 Å². The number of pyridine rings is 2. The molecular formula is C20H17N5O. The first-order chi connectivity index (χ1) is 12.8. The van der Waals surface area contributed by atoms with Gasteiger partial charge in [0.25, 0.3) is 5.91 Å². The van der Waals surface area contributed by atoms with Crippen LogP contribution in [0.2, 0.25) is 0 Å². The van der Waals surface area contributed by atoms with E-state index in [0.717, 1.165) is 22.3 Å². The summed E-state index contributed by atoms with van der Waals surface area (Å²) >= 11 is 0. The summed E-state index contributed by atoms with van der Waals surface area (Å²) < 4.78 is 1.71. The van der Waals surface area contributed by atoms with Crippen LogP contribution in [0.25, 0.3) is 16.7 Å². The molecular weight excluding hydrogens is 326 g/mol. The molecule has 0 aliphatic rings. The number of benzene rings is 1. The lowest BCUT2D eigenvalue weighted by Crippen LogP contribution is -2.14. The Bertz CT molecular complexity index is 1070. The second kappa shape index (κ2) is 6.76. The Kier molecular flexibility index (Phi) is 4.15. The SMILES string of the molecule is CCc1c(C(=O)Nc2ccc3ncccc3c2)cnn1-c1ccccn1. The van der Waals surface area contributed by atoms with Crippen LogP contribution in [-0.2, 0) is 6.42 Å². The van der Waals surface area contributed by atoms with Crippen molar-refractivity contribution in [2.75, 3.05) is 5.32 Å². The minimum Gasteiger partial charge on any atom is -0.322 e. The van der Waals surface area contributed by atoms with Crippen molar-refractivity contribution in [1.82, 2.24) is 19.7 Å². The Labute approximate surface area is 150 Å². The molecule has 0 radical (unpaired) electrons. The molecule has 4 aromatic rings. The number of carbonyl (C=O) groups excluding carboxylic acids is 1. The van der Waals surface area contributed by atoms with Gasteiger partial charge >= 0.3 is 0 Å². The highest BCUT2D eigenvalue weighted by Gasteiger charge is 2.17. The van der Waals surface area contributed by atoms with Gasteiger partial charge in [-0.3, -0.25) is 9.78 Å². The van der Waals surface area contributed by atoms with E-state index in [2.05, 4.69) is 20.4 Å². The lowest BCUT2D eigenvalue weighted by molar-refractivity contribution is 0.102. The summed E-state index contributed by atoms with van der Waals surface area (Å²) in [6.45, 7) is 1.99. The number of fused-ring (bicyclic) bond motifs is 1. The number of amides is 1. The molecule has 26 heavy (non-hydrogen) atoms. The number of hydrogen-bond acceptors (Lipinski definition) is 4. The van der Waals surface area contributed by atoms with Gasteiger partial charge in [-0.05, 0) is 42.8 Å². The lowest BCUT2D eigenvalue weighted by Gasteiger charge is -2.08. The largest absolute Gasteiger partial charge is 0.322 e. The second-order valence-corrected chi connectivity index (χ2v) is 5.82. The van der Waals surface area contributed by atoms with Gasteiger partial charge in [0.05, 0.1) is 23.0 Å². The Balaban J connectivity index is 1.64. The normalized spacial score (nSPS) is 10.8. The number of anilines is 1.